The summed E-state index contributed by atoms with van der Waals surface area (Å²) in [5, 5.41) is 0. The molecule has 0 saturated carbocycles. The summed E-state index contributed by atoms with van der Waals surface area (Å²) in [6, 6.07) is 0.938. The van der Waals surface area contributed by atoms with Crippen LogP contribution in [0.3, 0.4) is 0 Å². The molecule has 0 unspecified atom stereocenters. The molecule has 21 heavy (non-hydrogen) atoms. The minimum atomic E-state index is -2.31. The molecule has 0 fully saturated rings. The minimum Gasteiger partial charge on any atom is -0.377 e. The van der Waals surface area contributed by atoms with Crippen LogP contribution in [0.4, 0.5) is 0 Å². The van der Waals surface area contributed by atoms with E-state index in [0.29, 0.717) is 0 Å². The molecule has 0 aromatic heterocycles. The lowest BCUT2D eigenvalue weighted by Crippen LogP contribution is -2.42. The summed E-state index contributed by atoms with van der Waals surface area (Å²) < 4.78 is 16.3. The Balaban J connectivity index is 3.29. The molecule has 0 atom stereocenters. The van der Waals surface area contributed by atoms with Crippen LogP contribution in [0.15, 0.2) is 0 Å². The Morgan fingerprint density at radius 1 is 0.524 bits per heavy atom. The highest BCUT2D eigenvalue weighted by atomic mass is 28.4. The summed E-state index contributed by atoms with van der Waals surface area (Å²) in [7, 11) is 2.77. The molecule has 0 aromatic rings. The van der Waals surface area contributed by atoms with E-state index in [1.807, 2.05) is 0 Å². The fourth-order valence-electron chi connectivity index (χ4n) is 2.74. The van der Waals surface area contributed by atoms with Crippen molar-refractivity contribution < 1.29 is 13.3 Å². The monoisotopic (exact) mass is 318 g/mol. The van der Waals surface area contributed by atoms with Gasteiger partial charge in [-0.05, 0) is 6.42 Å². The third-order valence-electron chi connectivity index (χ3n) is 4.27. The Hall–Kier alpha value is 0.0969. The predicted molar refractivity (Wildman–Crippen MR) is 92.7 cm³/mol. The fraction of sp³-hybridized carbons (Fsp3) is 1.00. The first-order valence-corrected chi connectivity index (χ1v) is 10.8. The molecular formula is C17H38O3Si. The van der Waals surface area contributed by atoms with E-state index in [1.165, 1.54) is 70.6 Å². The van der Waals surface area contributed by atoms with E-state index in [-0.39, 0.29) is 0 Å². The largest absolute Gasteiger partial charge is 0.500 e. The van der Waals surface area contributed by atoms with Gasteiger partial charge in [-0.1, -0.05) is 77.6 Å². The van der Waals surface area contributed by atoms with Crippen LogP contribution in [0, 0.1) is 0 Å². The van der Waals surface area contributed by atoms with Crippen LogP contribution in [0.25, 0.3) is 0 Å². The first-order valence-electron chi connectivity index (χ1n) is 8.90. The van der Waals surface area contributed by atoms with Crippen LogP contribution in [-0.4, -0.2) is 30.1 Å². The number of rotatable bonds is 16. The van der Waals surface area contributed by atoms with Crippen LogP contribution >= 0.6 is 0 Å². The zero-order valence-electron chi connectivity index (χ0n) is 14.9. The van der Waals surface area contributed by atoms with Crippen molar-refractivity contribution in [1.29, 1.82) is 0 Å². The lowest BCUT2D eigenvalue weighted by molar-refractivity contribution is 0.122. The molecule has 128 valence electrons. The van der Waals surface area contributed by atoms with Gasteiger partial charge < -0.3 is 13.3 Å². The smallest absolute Gasteiger partial charge is 0.377 e. The molecule has 0 heterocycles. The van der Waals surface area contributed by atoms with Gasteiger partial charge in [0.25, 0.3) is 0 Å². The zero-order chi connectivity index (χ0) is 15.8. The Morgan fingerprint density at radius 2 is 0.857 bits per heavy atom. The lowest BCUT2D eigenvalue weighted by Gasteiger charge is -2.24. The van der Waals surface area contributed by atoms with Crippen molar-refractivity contribution in [2.75, 3.05) is 21.3 Å². The molecule has 0 rings (SSSR count). The Kier molecular flexibility index (Phi) is 15.1. The number of hydrogen-bond acceptors (Lipinski definition) is 3. The van der Waals surface area contributed by atoms with Crippen molar-refractivity contribution in [1.82, 2.24) is 0 Å². The lowest BCUT2D eigenvalue weighted by atomic mass is 10.1. The van der Waals surface area contributed by atoms with E-state index in [4.69, 9.17) is 13.3 Å². The van der Waals surface area contributed by atoms with E-state index in [9.17, 15) is 0 Å². The summed E-state index contributed by atoms with van der Waals surface area (Å²) in [6.07, 6.45) is 16.4. The summed E-state index contributed by atoms with van der Waals surface area (Å²) in [6.45, 7) is 2.28. The zero-order valence-corrected chi connectivity index (χ0v) is 15.9. The minimum absolute atomic E-state index is 0.938. The van der Waals surface area contributed by atoms with Crippen molar-refractivity contribution in [3.63, 3.8) is 0 Å². The van der Waals surface area contributed by atoms with Crippen molar-refractivity contribution in [2.24, 2.45) is 0 Å². The topological polar surface area (TPSA) is 27.7 Å². The van der Waals surface area contributed by atoms with Gasteiger partial charge >= 0.3 is 8.80 Å². The molecule has 0 radical (unpaired) electrons. The van der Waals surface area contributed by atoms with Crippen LogP contribution in [0.2, 0.25) is 6.04 Å². The summed E-state index contributed by atoms with van der Waals surface area (Å²) in [4.78, 5) is 0. The maximum Gasteiger partial charge on any atom is 0.500 e. The van der Waals surface area contributed by atoms with Crippen molar-refractivity contribution in [3.8, 4) is 0 Å². The predicted octanol–water partition coefficient (Wildman–Crippen LogP) is 5.57. The highest BCUT2D eigenvalue weighted by molar-refractivity contribution is 6.60. The van der Waals surface area contributed by atoms with E-state index in [1.54, 1.807) is 21.3 Å². The molecular weight excluding hydrogens is 280 g/mol. The van der Waals surface area contributed by atoms with Crippen LogP contribution in [-0.2, 0) is 13.3 Å². The average molecular weight is 319 g/mol. The molecule has 0 saturated heterocycles. The standard InChI is InChI=1S/C17H38O3Si/c1-5-6-7-8-9-10-11-12-13-14-15-16-17-21(18-2,19-3)20-4/h5-17H2,1-4H3. The normalized spacial score (nSPS) is 12.0. The highest BCUT2D eigenvalue weighted by Crippen LogP contribution is 2.18. The molecule has 0 N–H and O–H groups in total. The van der Waals surface area contributed by atoms with Gasteiger partial charge in [0.1, 0.15) is 0 Å². The second-order valence-electron chi connectivity index (χ2n) is 5.93. The highest BCUT2D eigenvalue weighted by Gasteiger charge is 2.36. The average Bonchev–Trinajstić information content (AvgIpc) is 2.53. The van der Waals surface area contributed by atoms with Gasteiger partial charge in [-0.15, -0.1) is 0 Å². The third-order valence-corrected chi connectivity index (χ3v) is 7.10. The van der Waals surface area contributed by atoms with Gasteiger partial charge in [0, 0.05) is 27.4 Å². The van der Waals surface area contributed by atoms with E-state index in [2.05, 4.69) is 6.92 Å². The Morgan fingerprint density at radius 3 is 1.19 bits per heavy atom. The van der Waals surface area contributed by atoms with Crippen molar-refractivity contribution >= 4 is 8.80 Å². The number of hydrogen-bond donors (Lipinski definition) is 0. The first kappa shape index (κ1) is 21.1. The van der Waals surface area contributed by atoms with Gasteiger partial charge in [-0.25, -0.2) is 0 Å². The maximum atomic E-state index is 5.43. The second-order valence-corrected chi connectivity index (χ2v) is 9.03. The van der Waals surface area contributed by atoms with Crippen LogP contribution < -0.4 is 0 Å². The Bertz CT molecular complexity index is 200. The SMILES string of the molecule is CCCCCCCCCCCCCC[Si](OC)(OC)OC. The molecule has 0 bridgehead atoms. The van der Waals surface area contributed by atoms with Gasteiger partial charge in [-0.3, -0.25) is 0 Å². The molecule has 3 nitrogen and oxygen atoms in total. The molecule has 0 aliphatic rings. The molecule has 0 aliphatic heterocycles. The van der Waals surface area contributed by atoms with Crippen LogP contribution in [0.5, 0.6) is 0 Å². The maximum absolute atomic E-state index is 5.43. The van der Waals surface area contributed by atoms with Gasteiger partial charge in [0.05, 0.1) is 0 Å². The van der Waals surface area contributed by atoms with E-state index >= 15 is 0 Å². The van der Waals surface area contributed by atoms with Crippen molar-refractivity contribution in [2.45, 2.75) is 90.0 Å². The molecule has 4 heteroatoms. The summed E-state index contributed by atoms with van der Waals surface area (Å²) >= 11 is 0. The molecule has 0 aromatic carbocycles. The van der Waals surface area contributed by atoms with Gasteiger partial charge in [0.2, 0.25) is 0 Å². The Labute approximate surface area is 134 Å². The van der Waals surface area contributed by atoms with E-state index < -0.39 is 8.80 Å². The molecule has 0 spiro atoms. The fourth-order valence-corrected chi connectivity index (χ4v) is 4.53. The van der Waals surface area contributed by atoms with Gasteiger partial charge in [0.15, 0.2) is 0 Å². The summed E-state index contributed by atoms with van der Waals surface area (Å²) in [5.74, 6) is 0. The number of unbranched alkanes of at least 4 members (excludes halogenated alkanes) is 11. The molecule has 0 amide bonds. The van der Waals surface area contributed by atoms with Gasteiger partial charge in [-0.2, -0.15) is 0 Å². The quantitative estimate of drug-likeness (QED) is 0.275. The van der Waals surface area contributed by atoms with Crippen LogP contribution in [0.1, 0.15) is 84.0 Å². The summed E-state index contributed by atoms with van der Waals surface area (Å²) in [5.41, 5.74) is 0. The van der Waals surface area contributed by atoms with E-state index in [0.717, 1.165) is 12.5 Å². The second kappa shape index (κ2) is 15.0. The molecule has 0 aliphatic carbocycles. The van der Waals surface area contributed by atoms with Crippen molar-refractivity contribution in [3.05, 3.63) is 0 Å². The third kappa shape index (κ3) is 11.3. The first-order chi connectivity index (χ1) is 10.2.